The first-order valence-corrected chi connectivity index (χ1v) is 8.65. The highest BCUT2D eigenvalue weighted by molar-refractivity contribution is 5.72. The molecule has 1 aromatic rings. The van der Waals surface area contributed by atoms with Gasteiger partial charge in [0.25, 0.3) is 0 Å². The second-order valence-electron chi connectivity index (χ2n) is 8.04. The van der Waals surface area contributed by atoms with E-state index < -0.39 is 5.60 Å². The molecule has 2 aliphatic rings. The molecule has 6 heteroatoms. The van der Waals surface area contributed by atoms with Crippen LogP contribution in [0.25, 0.3) is 0 Å². The van der Waals surface area contributed by atoms with E-state index in [-0.39, 0.29) is 30.3 Å². The summed E-state index contributed by atoms with van der Waals surface area (Å²) in [5.74, 6) is 0. The monoisotopic (exact) mass is 346 g/mol. The van der Waals surface area contributed by atoms with Crippen molar-refractivity contribution < 1.29 is 19.1 Å². The van der Waals surface area contributed by atoms with E-state index in [4.69, 9.17) is 9.47 Å². The van der Waals surface area contributed by atoms with E-state index in [1.165, 1.54) is 0 Å². The van der Waals surface area contributed by atoms with Gasteiger partial charge in [-0.15, -0.1) is 0 Å². The molecule has 0 aromatic heterocycles. The van der Waals surface area contributed by atoms with Crippen LogP contribution in [0.15, 0.2) is 30.3 Å². The highest BCUT2D eigenvalue weighted by Gasteiger charge is 2.60. The molecule has 0 saturated carbocycles. The molecule has 3 rings (SSSR count). The van der Waals surface area contributed by atoms with Gasteiger partial charge in [-0.3, -0.25) is 0 Å². The van der Waals surface area contributed by atoms with Gasteiger partial charge < -0.3 is 19.3 Å². The lowest BCUT2D eigenvalue weighted by atomic mass is 9.67. The number of ether oxygens (including phenoxy) is 2. The highest BCUT2D eigenvalue weighted by atomic mass is 16.6. The standard InChI is InChI=1S/C19H26N2O4/c1-14-19(13-21(14)17(23)25-18(2,3)4)11-20(12-19)16(22)24-10-15-8-6-5-7-9-15/h5-9,14H,10-13H2,1-4H3. The fourth-order valence-electron chi connectivity index (χ4n) is 3.39. The van der Waals surface area contributed by atoms with Crippen molar-refractivity contribution in [3.05, 3.63) is 35.9 Å². The second kappa shape index (κ2) is 6.24. The Morgan fingerprint density at radius 3 is 2.32 bits per heavy atom. The summed E-state index contributed by atoms with van der Waals surface area (Å²) >= 11 is 0. The molecule has 136 valence electrons. The fourth-order valence-corrected chi connectivity index (χ4v) is 3.39. The molecule has 0 radical (unpaired) electrons. The smallest absolute Gasteiger partial charge is 0.410 e. The summed E-state index contributed by atoms with van der Waals surface area (Å²) in [4.78, 5) is 27.7. The number of hydrogen-bond acceptors (Lipinski definition) is 4. The molecule has 0 N–H and O–H groups in total. The van der Waals surface area contributed by atoms with E-state index >= 15 is 0 Å². The number of carbonyl (C=O) groups excluding carboxylic acids is 2. The topological polar surface area (TPSA) is 59.1 Å². The Morgan fingerprint density at radius 1 is 1.12 bits per heavy atom. The molecule has 2 saturated heterocycles. The summed E-state index contributed by atoms with van der Waals surface area (Å²) in [5, 5.41) is 0. The van der Waals surface area contributed by atoms with Crippen LogP contribution < -0.4 is 0 Å². The maximum absolute atomic E-state index is 12.2. The molecule has 25 heavy (non-hydrogen) atoms. The number of amides is 2. The lowest BCUT2D eigenvalue weighted by molar-refractivity contribution is -0.142. The van der Waals surface area contributed by atoms with Crippen LogP contribution in [0.3, 0.4) is 0 Å². The summed E-state index contributed by atoms with van der Waals surface area (Å²) < 4.78 is 10.8. The van der Waals surface area contributed by atoms with Crippen LogP contribution in [0.5, 0.6) is 0 Å². The van der Waals surface area contributed by atoms with Crippen LogP contribution in [-0.4, -0.2) is 53.3 Å². The third-order valence-corrected chi connectivity index (χ3v) is 4.94. The fraction of sp³-hybridized carbons (Fsp3) is 0.579. The molecule has 2 amide bonds. The molecule has 2 fully saturated rings. The molecule has 0 bridgehead atoms. The minimum atomic E-state index is -0.494. The highest BCUT2D eigenvalue weighted by Crippen LogP contribution is 2.46. The average Bonchev–Trinajstić information content (AvgIpc) is 2.49. The first-order valence-electron chi connectivity index (χ1n) is 8.65. The minimum Gasteiger partial charge on any atom is -0.445 e. The van der Waals surface area contributed by atoms with Crippen molar-refractivity contribution in [2.24, 2.45) is 5.41 Å². The zero-order chi connectivity index (χ0) is 18.2. The maximum Gasteiger partial charge on any atom is 0.410 e. The van der Waals surface area contributed by atoms with Crippen molar-refractivity contribution in [3.63, 3.8) is 0 Å². The van der Waals surface area contributed by atoms with Crippen LogP contribution >= 0.6 is 0 Å². The predicted octanol–water partition coefficient (Wildman–Crippen LogP) is 3.26. The molecule has 1 unspecified atom stereocenters. The maximum atomic E-state index is 12.2. The molecular formula is C19H26N2O4. The Kier molecular flexibility index (Phi) is 4.39. The van der Waals surface area contributed by atoms with Gasteiger partial charge in [0.1, 0.15) is 12.2 Å². The van der Waals surface area contributed by atoms with Crippen LogP contribution in [0.2, 0.25) is 0 Å². The Bertz CT molecular complexity index is 647. The predicted molar refractivity (Wildman–Crippen MR) is 93.0 cm³/mol. The second-order valence-corrected chi connectivity index (χ2v) is 8.04. The zero-order valence-electron chi connectivity index (χ0n) is 15.3. The third kappa shape index (κ3) is 3.57. The van der Waals surface area contributed by atoms with Gasteiger partial charge in [0.05, 0.1) is 0 Å². The Balaban J connectivity index is 1.45. The molecule has 6 nitrogen and oxygen atoms in total. The number of hydrogen-bond donors (Lipinski definition) is 0. The van der Waals surface area contributed by atoms with Crippen molar-refractivity contribution in [1.29, 1.82) is 0 Å². The quantitative estimate of drug-likeness (QED) is 0.825. The zero-order valence-corrected chi connectivity index (χ0v) is 15.3. The van der Waals surface area contributed by atoms with E-state index in [0.29, 0.717) is 19.6 Å². The van der Waals surface area contributed by atoms with Crippen LogP contribution in [0, 0.1) is 5.41 Å². The minimum absolute atomic E-state index is 0.0112. The van der Waals surface area contributed by atoms with Gasteiger partial charge in [0.15, 0.2) is 0 Å². The number of benzene rings is 1. The molecule has 2 heterocycles. The average molecular weight is 346 g/mol. The van der Waals surface area contributed by atoms with Crippen molar-refractivity contribution in [2.45, 2.75) is 45.9 Å². The molecule has 2 aliphatic heterocycles. The lowest BCUT2D eigenvalue weighted by Crippen LogP contribution is -2.78. The van der Waals surface area contributed by atoms with Gasteiger partial charge in [-0.05, 0) is 33.3 Å². The van der Waals surface area contributed by atoms with Crippen LogP contribution in [-0.2, 0) is 16.1 Å². The van der Waals surface area contributed by atoms with Gasteiger partial charge in [-0.1, -0.05) is 30.3 Å². The van der Waals surface area contributed by atoms with Crippen molar-refractivity contribution in [1.82, 2.24) is 9.80 Å². The van der Waals surface area contributed by atoms with Crippen molar-refractivity contribution in [3.8, 4) is 0 Å². The summed E-state index contributed by atoms with van der Waals surface area (Å²) in [6.07, 6.45) is -0.576. The summed E-state index contributed by atoms with van der Waals surface area (Å²) in [5.41, 5.74) is 0.467. The normalized spacial score (nSPS) is 21.4. The molecular weight excluding hydrogens is 320 g/mol. The van der Waals surface area contributed by atoms with E-state index in [1.54, 1.807) is 9.80 Å². The van der Waals surface area contributed by atoms with Crippen molar-refractivity contribution >= 4 is 12.2 Å². The third-order valence-electron chi connectivity index (χ3n) is 4.94. The van der Waals surface area contributed by atoms with Crippen LogP contribution in [0.4, 0.5) is 9.59 Å². The lowest BCUT2D eigenvalue weighted by Gasteiger charge is -2.63. The largest absolute Gasteiger partial charge is 0.445 e. The molecule has 1 atom stereocenters. The number of rotatable bonds is 2. The van der Waals surface area contributed by atoms with Crippen LogP contribution in [0.1, 0.15) is 33.3 Å². The van der Waals surface area contributed by atoms with Crippen molar-refractivity contribution in [2.75, 3.05) is 19.6 Å². The van der Waals surface area contributed by atoms with E-state index in [1.807, 2.05) is 58.0 Å². The van der Waals surface area contributed by atoms with E-state index in [2.05, 4.69) is 0 Å². The van der Waals surface area contributed by atoms with Gasteiger partial charge in [0.2, 0.25) is 0 Å². The number of likely N-dealkylation sites (tertiary alicyclic amines) is 2. The van der Waals surface area contributed by atoms with Gasteiger partial charge in [-0.2, -0.15) is 0 Å². The number of carbonyl (C=O) groups is 2. The Morgan fingerprint density at radius 2 is 1.76 bits per heavy atom. The van der Waals surface area contributed by atoms with E-state index in [9.17, 15) is 9.59 Å². The molecule has 0 aliphatic carbocycles. The van der Waals surface area contributed by atoms with Gasteiger partial charge in [0, 0.05) is 31.1 Å². The molecule has 1 aromatic carbocycles. The first kappa shape index (κ1) is 17.6. The number of nitrogens with zero attached hydrogens (tertiary/aromatic N) is 2. The Hall–Kier alpha value is -2.24. The first-order chi connectivity index (χ1) is 11.7. The summed E-state index contributed by atoms with van der Waals surface area (Å²) in [7, 11) is 0. The summed E-state index contributed by atoms with van der Waals surface area (Å²) in [6, 6.07) is 9.70. The van der Waals surface area contributed by atoms with Gasteiger partial charge >= 0.3 is 12.2 Å². The van der Waals surface area contributed by atoms with Gasteiger partial charge in [-0.25, -0.2) is 9.59 Å². The molecule has 1 spiro atoms. The summed E-state index contributed by atoms with van der Waals surface area (Å²) in [6.45, 7) is 9.76. The Labute approximate surface area is 148 Å². The van der Waals surface area contributed by atoms with E-state index in [0.717, 1.165) is 5.56 Å². The SMILES string of the molecule is CC1N(C(=O)OC(C)(C)C)CC12CN(C(=O)OCc1ccccc1)C2.